The molecule has 1 N–H and O–H groups in total. The molecule has 0 saturated carbocycles. The molecule has 1 aromatic carbocycles. The molecule has 3 heterocycles. The van der Waals surface area contributed by atoms with Gasteiger partial charge in [-0.2, -0.15) is 5.26 Å². The van der Waals surface area contributed by atoms with Gasteiger partial charge < -0.3 is 14.8 Å². The second kappa shape index (κ2) is 10.1. The largest absolute Gasteiger partial charge is 0.489 e. The quantitative estimate of drug-likeness (QED) is 0.633. The van der Waals surface area contributed by atoms with Gasteiger partial charge in [0.1, 0.15) is 23.7 Å². The summed E-state index contributed by atoms with van der Waals surface area (Å²) >= 11 is 0. The van der Waals surface area contributed by atoms with Crippen molar-refractivity contribution in [1.29, 1.82) is 5.26 Å². The van der Waals surface area contributed by atoms with Crippen molar-refractivity contribution < 1.29 is 9.47 Å². The number of hydrogen-bond donors (Lipinski definition) is 1. The van der Waals surface area contributed by atoms with Crippen LogP contribution >= 0.6 is 0 Å². The Labute approximate surface area is 182 Å². The van der Waals surface area contributed by atoms with E-state index in [0.717, 1.165) is 41.9 Å². The Kier molecular flexibility index (Phi) is 6.82. The zero-order valence-corrected chi connectivity index (χ0v) is 17.5. The molecule has 1 saturated heterocycles. The predicted molar refractivity (Wildman–Crippen MR) is 116 cm³/mol. The number of nitriles is 1. The number of pyridine rings is 1. The fourth-order valence-corrected chi connectivity index (χ4v) is 3.53. The van der Waals surface area contributed by atoms with Gasteiger partial charge in [0.05, 0.1) is 30.2 Å². The topological polar surface area (TPSA) is 93.0 Å². The van der Waals surface area contributed by atoms with Crippen LogP contribution in [-0.2, 0) is 17.7 Å². The molecule has 0 spiro atoms. The monoisotopic (exact) mass is 415 g/mol. The lowest BCUT2D eigenvalue weighted by Crippen LogP contribution is -2.26. The smallest absolute Gasteiger partial charge is 0.137 e. The second-order valence-corrected chi connectivity index (χ2v) is 7.48. The fourth-order valence-electron chi connectivity index (χ4n) is 3.53. The Morgan fingerprint density at radius 1 is 1.16 bits per heavy atom. The van der Waals surface area contributed by atoms with Crippen molar-refractivity contribution in [3.8, 4) is 23.1 Å². The van der Waals surface area contributed by atoms with E-state index in [2.05, 4.69) is 21.4 Å². The molecule has 31 heavy (non-hydrogen) atoms. The van der Waals surface area contributed by atoms with Gasteiger partial charge in [0.15, 0.2) is 0 Å². The molecule has 1 fully saturated rings. The van der Waals surface area contributed by atoms with Gasteiger partial charge in [0, 0.05) is 43.8 Å². The van der Waals surface area contributed by atoms with E-state index in [-0.39, 0.29) is 6.10 Å². The van der Waals surface area contributed by atoms with Crippen LogP contribution in [0.1, 0.15) is 35.5 Å². The Morgan fingerprint density at radius 3 is 2.77 bits per heavy atom. The lowest BCUT2D eigenvalue weighted by atomic mass is 10.1. The van der Waals surface area contributed by atoms with Gasteiger partial charge in [-0.3, -0.25) is 4.98 Å². The summed E-state index contributed by atoms with van der Waals surface area (Å²) in [5.41, 5.74) is 4.19. The van der Waals surface area contributed by atoms with Crippen LogP contribution in [0.25, 0.3) is 11.3 Å². The van der Waals surface area contributed by atoms with Gasteiger partial charge >= 0.3 is 0 Å². The molecule has 158 valence electrons. The molecule has 1 aliphatic rings. The first kappa shape index (κ1) is 20.9. The molecule has 0 atom stereocenters. The van der Waals surface area contributed by atoms with E-state index in [9.17, 15) is 5.26 Å². The maximum atomic E-state index is 9.63. The average molecular weight is 415 g/mol. The maximum absolute atomic E-state index is 9.63. The van der Waals surface area contributed by atoms with Crippen molar-refractivity contribution in [3.05, 3.63) is 71.4 Å². The van der Waals surface area contributed by atoms with Gasteiger partial charge in [-0.25, -0.2) is 9.97 Å². The van der Waals surface area contributed by atoms with E-state index in [4.69, 9.17) is 14.5 Å². The molecule has 1 aliphatic heterocycles. The van der Waals surface area contributed by atoms with Crippen LogP contribution in [0, 0.1) is 11.3 Å². The van der Waals surface area contributed by atoms with E-state index in [1.165, 1.54) is 0 Å². The molecule has 2 aromatic heterocycles. The predicted octanol–water partition coefficient (Wildman–Crippen LogP) is 3.28. The minimum absolute atomic E-state index is 0.0884. The molecule has 7 nitrogen and oxygen atoms in total. The Balaban J connectivity index is 1.50. The standard InChI is InChI=1S/C24H25N5O2/c1-26-16-20-4-2-17(15-28-20)12-24-27-9-6-22(29-24)18-3-5-23(19(13-18)14-25)31-21-7-10-30-11-8-21/h2-6,9,13,15,21,26H,7-8,10-12,16H2,1H3. The first-order chi connectivity index (χ1) is 15.2. The minimum atomic E-state index is 0.0884. The fraction of sp³-hybridized carbons (Fsp3) is 0.333. The number of nitrogens with zero attached hydrogens (tertiary/aromatic N) is 4. The summed E-state index contributed by atoms with van der Waals surface area (Å²) in [6.07, 6.45) is 5.97. The van der Waals surface area contributed by atoms with Gasteiger partial charge in [0.25, 0.3) is 0 Å². The maximum Gasteiger partial charge on any atom is 0.137 e. The number of nitrogens with one attached hydrogen (secondary N) is 1. The average Bonchev–Trinajstić information content (AvgIpc) is 2.82. The van der Waals surface area contributed by atoms with Crippen LogP contribution in [-0.4, -0.2) is 41.3 Å². The zero-order chi connectivity index (χ0) is 21.5. The Morgan fingerprint density at radius 2 is 2.03 bits per heavy atom. The molecule has 4 rings (SSSR count). The number of aromatic nitrogens is 3. The van der Waals surface area contributed by atoms with Crippen molar-refractivity contribution in [2.24, 2.45) is 0 Å². The van der Waals surface area contributed by atoms with Crippen molar-refractivity contribution >= 4 is 0 Å². The van der Waals surface area contributed by atoms with Crippen LogP contribution in [0.15, 0.2) is 48.8 Å². The molecular weight excluding hydrogens is 390 g/mol. The summed E-state index contributed by atoms with van der Waals surface area (Å²) < 4.78 is 11.4. The van der Waals surface area contributed by atoms with Gasteiger partial charge in [-0.1, -0.05) is 6.07 Å². The zero-order valence-electron chi connectivity index (χ0n) is 17.5. The highest BCUT2D eigenvalue weighted by Gasteiger charge is 2.17. The van der Waals surface area contributed by atoms with Crippen molar-refractivity contribution in [2.75, 3.05) is 20.3 Å². The highest BCUT2D eigenvalue weighted by atomic mass is 16.5. The molecule has 7 heteroatoms. The Bertz CT molecular complexity index is 1060. The van der Waals surface area contributed by atoms with Gasteiger partial charge in [-0.15, -0.1) is 0 Å². The van der Waals surface area contributed by atoms with E-state index in [1.807, 2.05) is 49.6 Å². The number of benzene rings is 1. The summed E-state index contributed by atoms with van der Waals surface area (Å²) in [5.74, 6) is 1.32. The SMILES string of the molecule is CNCc1ccc(Cc2nccc(-c3ccc(OC4CCOCC4)c(C#N)c3)n2)cn1. The molecule has 0 unspecified atom stereocenters. The third kappa shape index (κ3) is 5.43. The first-order valence-electron chi connectivity index (χ1n) is 10.4. The third-order valence-corrected chi connectivity index (χ3v) is 5.17. The summed E-state index contributed by atoms with van der Waals surface area (Å²) in [5, 5.41) is 12.7. The van der Waals surface area contributed by atoms with Crippen LogP contribution < -0.4 is 10.1 Å². The normalized spacial score (nSPS) is 14.2. The molecule has 0 aliphatic carbocycles. The van der Waals surface area contributed by atoms with Crippen molar-refractivity contribution in [1.82, 2.24) is 20.3 Å². The Hall–Kier alpha value is -3.34. The molecule has 0 radical (unpaired) electrons. The highest BCUT2D eigenvalue weighted by molar-refractivity contribution is 5.64. The van der Waals surface area contributed by atoms with Crippen LogP contribution in [0.4, 0.5) is 0 Å². The van der Waals surface area contributed by atoms with Crippen molar-refractivity contribution in [3.63, 3.8) is 0 Å². The second-order valence-electron chi connectivity index (χ2n) is 7.48. The van der Waals surface area contributed by atoms with Crippen LogP contribution in [0.2, 0.25) is 0 Å². The van der Waals surface area contributed by atoms with E-state index in [1.54, 1.807) is 6.20 Å². The number of ether oxygens (including phenoxy) is 2. The van der Waals surface area contributed by atoms with Gasteiger partial charge in [-0.05, 0) is 42.9 Å². The number of rotatable bonds is 7. The first-order valence-corrected chi connectivity index (χ1v) is 10.4. The molecular formula is C24H25N5O2. The van der Waals surface area contributed by atoms with Crippen LogP contribution in [0.3, 0.4) is 0 Å². The lowest BCUT2D eigenvalue weighted by Gasteiger charge is -2.23. The molecule has 0 bridgehead atoms. The number of hydrogen-bond acceptors (Lipinski definition) is 7. The molecule has 3 aromatic rings. The van der Waals surface area contributed by atoms with Crippen molar-refractivity contribution in [2.45, 2.75) is 31.9 Å². The minimum Gasteiger partial charge on any atom is -0.489 e. The summed E-state index contributed by atoms with van der Waals surface area (Å²) in [6, 6.07) is 13.8. The lowest BCUT2D eigenvalue weighted by molar-refractivity contribution is 0.0254. The van der Waals surface area contributed by atoms with E-state index < -0.39 is 0 Å². The summed E-state index contributed by atoms with van der Waals surface area (Å²) in [6.45, 7) is 2.13. The third-order valence-electron chi connectivity index (χ3n) is 5.17. The van der Waals surface area contributed by atoms with Crippen LogP contribution in [0.5, 0.6) is 5.75 Å². The van der Waals surface area contributed by atoms with Gasteiger partial charge in [0.2, 0.25) is 0 Å². The summed E-state index contributed by atoms with van der Waals surface area (Å²) in [4.78, 5) is 13.6. The van der Waals surface area contributed by atoms with E-state index in [0.29, 0.717) is 36.8 Å². The molecule has 0 amide bonds. The van der Waals surface area contributed by atoms with E-state index >= 15 is 0 Å². The summed E-state index contributed by atoms with van der Waals surface area (Å²) in [7, 11) is 1.90. The highest BCUT2D eigenvalue weighted by Crippen LogP contribution is 2.27.